The number of hydrogen-bond donors (Lipinski definition) is 1. The Morgan fingerprint density at radius 1 is 1.40 bits per heavy atom. The highest BCUT2D eigenvalue weighted by atomic mass is 14.8. The van der Waals surface area contributed by atoms with Crippen LogP contribution >= 0.6 is 0 Å². The second kappa shape index (κ2) is 3.94. The lowest BCUT2D eigenvalue weighted by molar-refractivity contribution is 0.807. The molecular formula is C9H13N. The van der Waals surface area contributed by atoms with Crippen molar-refractivity contribution in [2.45, 2.75) is 13.3 Å². The summed E-state index contributed by atoms with van der Waals surface area (Å²) < 4.78 is 0. The minimum atomic E-state index is 1.06. The highest BCUT2D eigenvalue weighted by molar-refractivity contribution is 5.39. The average molecular weight is 135 g/mol. The Hall–Kier alpha value is -0.980. The Morgan fingerprint density at radius 2 is 2.10 bits per heavy atom. The van der Waals surface area contributed by atoms with Gasteiger partial charge >= 0.3 is 0 Å². The zero-order valence-corrected chi connectivity index (χ0v) is 6.30. The maximum absolute atomic E-state index is 3.21. The minimum Gasteiger partial charge on any atom is -0.390 e. The predicted octanol–water partition coefficient (Wildman–Crippen LogP) is 2.00. The van der Waals surface area contributed by atoms with Gasteiger partial charge in [-0.25, -0.2) is 0 Å². The van der Waals surface area contributed by atoms with E-state index in [9.17, 15) is 0 Å². The number of nitrogens with one attached hydrogen (secondary N) is 1. The smallest absolute Gasteiger partial charge is 0.0139 e. The van der Waals surface area contributed by atoms with E-state index < -0.39 is 0 Å². The minimum absolute atomic E-state index is 1.06. The van der Waals surface area contributed by atoms with Crippen molar-refractivity contribution in [1.29, 1.82) is 0 Å². The highest BCUT2D eigenvalue weighted by Crippen LogP contribution is 2.04. The van der Waals surface area contributed by atoms with Crippen LogP contribution in [-0.4, -0.2) is 6.54 Å². The van der Waals surface area contributed by atoms with Gasteiger partial charge < -0.3 is 5.32 Å². The lowest BCUT2D eigenvalue weighted by Gasteiger charge is -1.95. The molecule has 0 heterocycles. The average Bonchev–Trinajstić information content (AvgIpc) is 2.41. The van der Waals surface area contributed by atoms with Crippen molar-refractivity contribution in [2.75, 3.05) is 6.54 Å². The van der Waals surface area contributed by atoms with E-state index in [1.807, 2.05) is 18.4 Å². The molecule has 1 N–H and O–H groups in total. The topological polar surface area (TPSA) is 12.0 Å². The Morgan fingerprint density at radius 3 is 2.70 bits per heavy atom. The van der Waals surface area contributed by atoms with Crippen molar-refractivity contribution in [3.63, 3.8) is 0 Å². The van der Waals surface area contributed by atoms with Gasteiger partial charge in [0.15, 0.2) is 0 Å². The van der Waals surface area contributed by atoms with Crippen LogP contribution in [0, 0.1) is 0 Å². The van der Waals surface area contributed by atoms with E-state index >= 15 is 0 Å². The lowest BCUT2D eigenvalue weighted by Crippen LogP contribution is -2.05. The molecule has 1 heteroatoms. The van der Waals surface area contributed by atoms with Crippen molar-refractivity contribution in [1.82, 2.24) is 5.32 Å². The number of allylic oxidation sites excluding steroid dienone is 5. The van der Waals surface area contributed by atoms with E-state index in [2.05, 4.69) is 24.4 Å². The third-order valence-corrected chi connectivity index (χ3v) is 1.35. The van der Waals surface area contributed by atoms with E-state index in [-0.39, 0.29) is 0 Å². The SMILES string of the molecule is CCCNC=C1C=CC=C1. The largest absolute Gasteiger partial charge is 0.390 e. The van der Waals surface area contributed by atoms with E-state index in [1.54, 1.807) is 0 Å². The van der Waals surface area contributed by atoms with Crippen molar-refractivity contribution in [2.24, 2.45) is 0 Å². The zero-order chi connectivity index (χ0) is 7.23. The molecular weight excluding hydrogens is 122 g/mol. The first kappa shape index (κ1) is 7.13. The van der Waals surface area contributed by atoms with Gasteiger partial charge in [0.2, 0.25) is 0 Å². The van der Waals surface area contributed by atoms with E-state index in [0.29, 0.717) is 0 Å². The second-order valence-electron chi connectivity index (χ2n) is 2.32. The molecule has 0 amide bonds. The van der Waals surface area contributed by atoms with E-state index in [4.69, 9.17) is 0 Å². The maximum atomic E-state index is 3.21. The molecule has 1 aliphatic rings. The van der Waals surface area contributed by atoms with Crippen LogP contribution in [0.2, 0.25) is 0 Å². The molecule has 0 aromatic heterocycles. The van der Waals surface area contributed by atoms with Crippen molar-refractivity contribution in [3.05, 3.63) is 36.1 Å². The number of rotatable bonds is 3. The molecule has 0 aromatic carbocycles. The van der Waals surface area contributed by atoms with Gasteiger partial charge in [-0.1, -0.05) is 31.2 Å². The van der Waals surface area contributed by atoms with Crippen LogP contribution in [0.5, 0.6) is 0 Å². The van der Waals surface area contributed by atoms with Gasteiger partial charge in [0.1, 0.15) is 0 Å². The maximum Gasteiger partial charge on any atom is 0.0139 e. The van der Waals surface area contributed by atoms with Gasteiger partial charge in [-0.3, -0.25) is 0 Å². The summed E-state index contributed by atoms with van der Waals surface area (Å²) in [6.07, 6.45) is 11.5. The van der Waals surface area contributed by atoms with Crippen LogP contribution < -0.4 is 5.32 Å². The molecule has 0 atom stereocenters. The summed E-state index contributed by atoms with van der Waals surface area (Å²) in [5.74, 6) is 0. The Labute approximate surface area is 62.1 Å². The second-order valence-corrected chi connectivity index (χ2v) is 2.32. The molecule has 1 rings (SSSR count). The van der Waals surface area contributed by atoms with Crippen LogP contribution in [-0.2, 0) is 0 Å². The summed E-state index contributed by atoms with van der Waals surface area (Å²) in [5.41, 5.74) is 1.26. The van der Waals surface area contributed by atoms with E-state index in [0.717, 1.165) is 6.54 Å². The lowest BCUT2D eigenvalue weighted by atomic mass is 10.3. The van der Waals surface area contributed by atoms with Gasteiger partial charge in [0.05, 0.1) is 0 Å². The molecule has 0 saturated heterocycles. The summed E-state index contributed by atoms with van der Waals surface area (Å²) in [5, 5.41) is 3.21. The standard InChI is InChI=1S/C9H13N/c1-2-7-10-8-9-5-3-4-6-9/h3-6,8,10H,2,7H2,1H3. The Balaban J connectivity index is 2.26. The molecule has 0 saturated carbocycles. The van der Waals surface area contributed by atoms with Crippen LogP contribution in [0.4, 0.5) is 0 Å². The molecule has 0 aliphatic heterocycles. The Kier molecular flexibility index (Phi) is 2.81. The fourth-order valence-corrected chi connectivity index (χ4v) is 0.819. The molecule has 0 radical (unpaired) electrons. The third-order valence-electron chi connectivity index (χ3n) is 1.35. The molecule has 0 fully saturated rings. The van der Waals surface area contributed by atoms with Crippen molar-refractivity contribution < 1.29 is 0 Å². The van der Waals surface area contributed by atoms with Gasteiger partial charge in [0, 0.05) is 12.7 Å². The first-order valence-corrected chi connectivity index (χ1v) is 3.72. The van der Waals surface area contributed by atoms with Gasteiger partial charge in [-0.2, -0.15) is 0 Å². The summed E-state index contributed by atoms with van der Waals surface area (Å²) in [7, 11) is 0. The van der Waals surface area contributed by atoms with Crippen molar-refractivity contribution in [3.8, 4) is 0 Å². The first-order valence-electron chi connectivity index (χ1n) is 3.72. The van der Waals surface area contributed by atoms with Gasteiger partial charge in [-0.05, 0) is 12.0 Å². The summed E-state index contributed by atoms with van der Waals surface area (Å²) >= 11 is 0. The quantitative estimate of drug-likeness (QED) is 0.583. The zero-order valence-electron chi connectivity index (χ0n) is 6.30. The summed E-state index contributed by atoms with van der Waals surface area (Å²) in [4.78, 5) is 0. The molecule has 0 unspecified atom stereocenters. The van der Waals surface area contributed by atoms with Crippen LogP contribution in [0.1, 0.15) is 13.3 Å². The molecule has 0 spiro atoms. The van der Waals surface area contributed by atoms with Crippen LogP contribution in [0.3, 0.4) is 0 Å². The molecule has 0 aromatic rings. The molecule has 1 nitrogen and oxygen atoms in total. The third kappa shape index (κ3) is 2.09. The first-order chi connectivity index (χ1) is 4.93. The fourth-order valence-electron chi connectivity index (χ4n) is 0.819. The summed E-state index contributed by atoms with van der Waals surface area (Å²) in [6.45, 7) is 3.22. The normalized spacial score (nSPS) is 14.3. The molecule has 54 valence electrons. The van der Waals surface area contributed by atoms with E-state index in [1.165, 1.54) is 12.0 Å². The fraction of sp³-hybridized carbons (Fsp3) is 0.333. The monoisotopic (exact) mass is 135 g/mol. The predicted molar refractivity (Wildman–Crippen MR) is 44.7 cm³/mol. The molecule has 10 heavy (non-hydrogen) atoms. The van der Waals surface area contributed by atoms with Gasteiger partial charge in [0.25, 0.3) is 0 Å². The molecule has 0 bridgehead atoms. The van der Waals surface area contributed by atoms with Crippen molar-refractivity contribution >= 4 is 0 Å². The van der Waals surface area contributed by atoms with Gasteiger partial charge in [-0.15, -0.1) is 0 Å². The summed E-state index contributed by atoms with van der Waals surface area (Å²) in [6, 6.07) is 0. The van der Waals surface area contributed by atoms with Crippen LogP contribution in [0.25, 0.3) is 0 Å². The Bertz CT molecular complexity index is 161. The van der Waals surface area contributed by atoms with Crippen LogP contribution in [0.15, 0.2) is 36.1 Å². The number of hydrogen-bond acceptors (Lipinski definition) is 1. The molecule has 1 aliphatic carbocycles. The highest BCUT2D eigenvalue weighted by Gasteiger charge is 1.88.